The van der Waals surface area contributed by atoms with Gasteiger partial charge in [0.05, 0.1) is 29.3 Å². The fraction of sp³-hybridized carbons (Fsp3) is 0.500. The Kier molecular flexibility index (Phi) is 5.25. The molecular formula is C24H25FN6O7. The van der Waals surface area contributed by atoms with E-state index in [1.54, 1.807) is 25.8 Å². The van der Waals surface area contributed by atoms with Crippen LogP contribution in [0.2, 0.25) is 0 Å². The van der Waals surface area contributed by atoms with E-state index >= 15 is 4.39 Å². The number of piperazine rings is 1. The quantitative estimate of drug-likeness (QED) is 0.478. The Labute approximate surface area is 215 Å². The standard InChI is InChI=1S/C24H25FN6O7/c1-10-8-31-17-12(7-24(19(31)11(2)37-10)21(34)26-23(36)27-22(24)35)6-13-16(28-38-18(13)15(17)25)20(33)30-5-4-29(3)14(32)9-30/h6,10-11,19H,4-5,7-9H2,1-3H3,(H2,26,27,34,35,36)/t10-,11+,19-/m0/s1. The van der Waals surface area contributed by atoms with Crippen molar-refractivity contribution in [3.05, 3.63) is 23.1 Å². The predicted octanol–water partition coefficient (Wildman–Crippen LogP) is -0.228. The first-order chi connectivity index (χ1) is 18.0. The number of hydrogen-bond donors (Lipinski definition) is 2. The number of barbiturate groups is 1. The van der Waals surface area contributed by atoms with Gasteiger partial charge in [-0.3, -0.25) is 29.8 Å². The fourth-order valence-corrected chi connectivity index (χ4v) is 6.18. The van der Waals surface area contributed by atoms with E-state index in [1.807, 2.05) is 0 Å². The molecule has 3 atom stereocenters. The van der Waals surface area contributed by atoms with Gasteiger partial charge in [-0.1, -0.05) is 5.16 Å². The van der Waals surface area contributed by atoms with Crippen LogP contribution in [0.5, 0.6) is 0 Å². The molecule has 1 aromatic heterocycles. The summed E-state index contributed by atoms with van der Waals surface area (Å²) in [4.78, 5) is 68.4. The van der Waals surface area contributed by atoms with E-state index < -0.39 is 47.1 Å². The lowest BCUT2D eigenvalue weighted by Crippen LogP contribution is -2.75. The maximum atomic E-state index is 16.2. The smallest absolute Gasteiger partial charge is 0.328 e. The number of ether oxygens (including phenoxy) is 1. The molecule has 3 saturated heterocycles. The van der Waals surface area contributed by atoms with Crippen LogP contribution in [0.4, 0.5) is 14.9 Å². The number of morpholine rings is 1. The molecule has 13 nitrogen and oxygen atoms in total. The zero-order valence-corrected chi connectivity index (χ0v) is 20.9. The molecule has 5 heterocycles. The first kappa shape index (κ1) is 24.3. The van der Waals surface area contributed by atoms with Gasteiger partial charge in [-0.05, 0) is 25.5 Å². The summed E-state index contributed by atoms with van der Waals surface area (Å²) in [5, 5.41) is 8.27. The van der Waals surface area contributed by atoms with Gasteiger partial charge in [0.2, 0.25) is 23.3 Å². The maximum Gasteiger partial charge on any atom is 0.328 e. The summed E-state index contributed by atoms with van der Waals surface area (Å²) in [7, 11) is 1.64. The summed E-state index contributed by atoms with van der Waals surface area (Å²) in [6.07, 6.45) is -1.29. The molecule has 1 aromatic carbocycles. The SMILES string of the molecule is C[C@H]1CN2c3c(cc4c(C(=O)N5CCN(C)C(=O)C5)noc4c3F)CC3(C(=O)NC(=O)NC3=O)[C@@H]2[C@@H](C)O1. The van der Waals surface area contributed by atoms with Crippen LogP contribution < -0.4 is 15.5 Å². The van der Waals surface area contributed by atoms with Crippen molar-refractivity contribution in [3.63, 3.8) is 0 Å². The van der Waals surface area contributed by atoms with Crippen molar-refractivity contribution in [1.82, 2.24) is 25.6 Å². The Morgan fingerprint density at radius 3 is 2.55 bits per heavy atom. The molecule has 38 heavy (non-hydrogen) atoms. The Morgan fingerprint density at radius 1 is 1.16 bits per heavy atom. The molecule has 2 N–H and O–H groups in total. The second-order valence-corrected chi connectivity index (χ2v) is 10.3. The highest BCUT2D eigenvalue weighted by molar-refractivity contribution is 6.20. The molecule has 0 aliphatic carbocycles. The van der Waals surface area contributed by atoms with Crippen molar-refractivity contribution in [3.8, 4) is 0 Å². The predicted molar refractivity (Wildman–Crippen MR) is 126 cm³/mol. The lowest BCUT2D eigenvalue weighted by molar-refractivity contribution is -0.153. The lowest BCUT2D eigenvalue weighted by Gasteiger charge is -2.55. The largest absolute Gasteiger partial charge is 0.372 e. The van der Waals surface area contributed by atoms with Crippen molar-refractivity contribution in [2.75, 3.05) is 38.1 Å². The number of amides is 6. The average Bonchev–Trinajstić information content (AvgIpc) is 3.27. The van der Waals surface area contributed by atoms with E-state index in [0.29, 0.717) is 6.54 Å². The highest BCUT2D eigenvalue weighted by atomic mass is 19.1. The molecule has 0 radical (unpaired) electrons. The average molecular weight is 528 g/mol. The molecule has 14 heteroatoms. The molecule has 1 spiro atoms. The van der Waals surface area contributed by atoms with Crippen molar-refractivity contribution in [1.29, 1.82) is 0 Å². The summed E-state index contributed by atoms with van der Waals surface area (Å²) >= 11 is 0. The van der Waals surface area contributed by atoms with Crippen LogP contribution in [0.1, 0.15) is 29.9 Å². The number of likely N-dealkylation sites (N-methyl/N-ethyl adjacent to an activating group) is 1. The molecule has 6 rings (SSSR count). The van der Waals surface area contributed by atoms with Crippen molar-refractivity contribution < 1.29 is 37.6 Å². The number of halogens is 1. The first-order valence-electron chi connectivity index (χ1n) is 12.3. The Balaban J connectivity index is 1.50. The molecule has 0 unspecified atom stereocenters. The van der Waals surface area contributed by atoms with Gasteiger partial charge in [-0.2, -0.15) is 0 Å². The number of fused-ring (bicyclic) bond motifs is 5. The van der Waals surface area contributed by atoms with Gasteiger partial charge in [0, 0.05) is 33.1 Å². The second-order valence-electron chi connectivity index (χ2n) is 10.3. The van der Waals surface area contributed by atoms with E-state index in [9.17, 15) is 24.0 Å². The number of anilines is 1. The zero-order chi connectivity index (χ0) is 27.1. The minimum Gasteiger partial charge on any atom is -0.372 e. The third-order valence-corrected chi connectivity index (χ3v) is 7.91. The monoisotopic (exact) mass is 528 g/mol. The summed E-state index contributed by atoms with van der Waals surface area (Å²) in [5.74, 6) is -3.24. The minimum atomic E-state index is -1.80. The van der Waals surface area contributed by atoms with Crippen LogP contribution in [0, 0.1) is 11.2 Å². The number of nitrogens with zero attached hydrogens (tertiary/aromatic N) is 4. The number of rotatable bonds is 1. The molecule has 3 fully saturated rings. The number of benzene rings is 1. The maximum absolute atomic E-state index is 16.2. The highest BCUT2D eigenvalue weighted by Crippen LogP contribution is 2.49. The number of carbonyl (C=O) groups is 5. The lowest BCUT2D eigenvalue weighted by atomic mass is 9.66. The van der Waals surface area contributed by atoms with E-state index in [4.69, 9.17) is 9.26 Å². The molecular weight excluding hydrogens is 503 g/mol. The molecule has 4 aliphatic rings. The Hall–Kier alpha value is -4.07. The van der Waals surface area contributed by atoms with Gasteiger partial charge >= 0.3 is 6.03 Å². The molecule has 4 aliphatic heterocycles. The van der Waals surface area contributed by atoms with Crippen LogP contribution in [0.3, 0.4) is 0 Å². The van der Waals surface area contributed by atoms with Gasteiger partial charge in [0.15, 0.2) is 16.9 Å². The van der Waals surface area contributed by atoms with Crippen LogP contribution in [0.25, 0.3) is 11.0 Å². The summed E-state index contributed by atoms with van der Waals surface area (Å²) in [6, 6.07) is -0.364. The molecule has 0 saturated carbocycles. The third kappa shape index (κ3) is 3.25. The van der Waals surface area contributed by atoms with Gasteiger partial charge < -0.3 is 24.0 Å². The summed E-state index contributed by atoms with van der Waals surface area (Å²) < 4.78 is 27.4. The number of imide groups is 2. The number of carbonyl (C=O) groups excluding carboxylic acids is 5. The van der Waals surface area contributed by atoms with Crippen LogP contribution in [0.15, 0.2) is 10.6 Å². The Bertz CT molecular complexity index is 1420. The van der Waals surface area contributed by atoms with Crippen molar-refractivity contribution in [2.24, 2.45) is 5.41 Å². The Morgan fingerprint density at radius 2 is 1.87 bits per heavy atom. The van der Waals surface area contributed by atoms with Crippen LogP contribution in [-0.2, 0) is 25.5 Å². The molecule has 6 amide bonds. The number of hydrogen-bond acceptors (Lipinski definition) is 9. The van der Waals surface area contributed by atoms with E-state index in [2.05, 4.69) is 15.8 Å². The second kappa shape index (κ2) is 8.21. The molecule has 0 bridgehead atoms. The summed E-state index contributed by atoms with van der Waals surface area (Å²) in [6.45, 7) is 4.09. The van der Waals surface area contributed by atoms with E-state index in [0.717, 1.165) is 0 Å². The van der Waals surface area contributed by atoms with Gasteiger partial charge in [-0.25, -0.2) is 9.18 Å². The van der Waals surface area contributed by atoms with E-state index in [1.165, 1.54) is 15.9 Å². The fourth-order valence-electron chi connectivity index (χ4n) is 6.18. The van der Waals surface area contributed by atoms with Crippen molar-refractivity contribution in [2.45, 2.75) is 38.5 Å². The molecule has 200 valence electrons. The minimum absolute atomic E-state index is 0.0632. The van der Waals surface area contributed by atoms with Crippen LogP contribution >= 0.6 is 0 Å². The topological polar surface area (TPSA) is 154 Å². The number of aromatic nitrogens is 1. The highest BCUT2D eigenvalue weighted by Gasteiger charge is 2.63. The number of urea groups is 1. The van der Waals surface area contributed by atoms with E-state index in [-0.39, 0.29) is 66.0 Å². The van der Waals surface area contributed by atoms with Gasteiger partial charge in [0.1, 0.15) is 6.54 Å². The molecule has 2 aromatic rings. The normalized spacial score (nSPS) is 26.8. The third-order valence-electron chi connectivity index (χ3n) is 7.91. The summed E-state index contributed by atoms with van der Waals surface area (Å²) in [5.41, 5.74) is -1.82. The van der Waals surface area contributed by atoms with Crippen molar-refractivity contribution >= 4 is 46.3 Å². The van der Waals surface area contributed by atoms with Crippen LogP contribution in [-0.4, -0.2) is 96.1 Å². The number of nitrogens with one attached hydrogen (secondary N) is 2. The van der Waals surface area contributed by atoms with Gasteiger partial charge in [-0.15, -0.1) is 0 Å². The first-order valence-corrected chi connectivity index (χ1v) is 12.3. The zero-order valence-electron chi connectivity index (χ0n) is 20.9. The van der Waals surface area contributed by atoms with Gasteiger partial charge in [0.25, 0.3) is 5.91 Å².